The van der Waals surface area contributed by atoms with E-state index in [0.717, 1.165) is 12.1 Å². The number of methoxy groups -OCH3 is 1. The minimum Gasteiger partial charge on any atom is -0.497 e. The van der Waals surface area contributed by atoms with Crippen molar-refractivity contribution in [2.75, 3.05) is 12.4 Å². The average molecular weight is 433 g/mol. The van der Waals surface area contributed by atoms with E-state index in [0.29, 0.717) is 27.6 Å². The van der Waals surface area contributed by atoms with E-state index >= 15 is 0 Å². The van der Waals surface area contributed by atoms with Crippen LogP contribution in [-0.2, 0) is 17.0 Å². The number of hydrogen-bond acceptors (Lipinski definition) is 4. The first-order valence-electron chi connectivity index (χ1n) is 9.11. The fourth-order valence-electron chi connectivity index (χ4n) is 3.25. The molecular formula is C22H18F3NO3S. The predicted molar refractivity (Wildman–Crippen MR) is 108 cm³/mol. The van der Waals surface area contributed by atoms with Gasteiger partial charge in [-0.1, -0.05) is 24.3 Å². The zero-order chi connectivity index (χ0) is 21.3. The summed E-state index contributed by atoms with van der Waals surface area (Å²) >= 11 is 0. The van der Waals surface area contributed by atoms with Crippen LogP contribution in [-0.4, -0.2) is 16.8 Å². The second kappa shape index (κ2) is 8.02. The largest absolute Gasteiger partial charge is 0.497 e. The highest BCUT2D eigenvalue weighted by molar-refractivity contribution is 7.86. The number of ether oxygens (including phenoxy) is 2. The van der Waals surface area contributed by atoms with Gasteiger partial charge in [0.1, 0.15) is 28.3 Å². The normalized spacial score (nSPS) is 18.9. The van der Waals surface area contributed by atoms with E-state index in [2.05, 4.69) is 5.32 Å². The van der Waals surface area contributed by atoms with Gasteiger partial charge in [-0.05, 0) is 54.1 Å². The number of anilines is 1. The van der Waals surface area contributed by atoms with E-state index in [1.54, 1.807) is 55.6 Å². The lowest BCUT2D eigenvalue weighted by molar-refractivity contribution is -0.137. The summed E-state index contributed by atoms with van der Waals surface area (Å²) in [6.45, 7) is 0. The van der Waals surface area contributed by atoms with Crippen LogP contribution in [0.5, 0.6) is 11.5 Å². The molecule has 1 aliphatic rings. The molecule has 0 saturated carbocycles. The maximum Gasteiger partial charge on any atom is 0.416 e. The van der Waals surface area contributed by atoms with Crippen molar-refractivity contribution in [3.8, 4) is 11.5 Å². The summed E-state index contributed by atoms with van der Waals surface area (Å²) in [4.78, 5) is 0.566. The first-order valence-corrected chi connectivity index (χ1v) is 10.3. The fraction of sp³-hybridized carbons (Fsp3) is 0.182. The van der Waals surface area contributed by atoms with E-state index in [4.69, 9.17) is 9.47 Å². The number of benzene rings is 3. The third-order valence-electron chi connectivity index (χ3n) is 4.80. The maximum absolute atomic E-state index is 13.1. The van der Waals surface area contributed by atoms with E-state index in [-0.39, 0.29) is 0 Å². The van der Waals surface area contributed by atoms with Crippen molar-refractivity contribution in [3.05, 3.63) is 83.9 Å². The predicted octanol–water partition coefficient (Wildman–Crippen LogP) is 5.39. The Morgan fingerprint density at radius 1 is 1.00 bits per heavy atom. The van der Waals surface area contributed by atoms with Gasteiger partial charge in [0.2, 0.25) is 5.44 Å². The molecular weight excluding hydrogens is 415 g/mol. The van der Waals surface area contributed by atoms with Crippen molar-refractivity contribution in [2.45, 2.75) is 22.5 Å². The topological polar surface area (TPSA) is 47.6 Å². The van der Waals surface area contributed by atoms with E-state index in [9.17, 15) is 17.4 Å². The highest BCUT2D eigenvalue weighted by atomic mass is 32.2. The first kappa shape index (κ1) is 20.3. The molecule has 3 aromatic carbocycles. The van der Waals surface area contributed by atoms with Gasteiger partial charge < -0.3 is 14.8 Å². The molecule has 0 aliphatic carbocycles. The minimum atomic E-state index is -4.43. The molecule has 0 fully saturated rings. The third-order valence-corrected chi connectivity index (χ3v) is 6.36. The van der Waals surface area contributed by atoms with Crippen LogP contribution in [0.3, 0.4) is 0 Å². The van der Waals surface area contributed by atoms with Gasteiger partial charge in [0, 0.05) is 5.69 Å². The van der Waals surface area contributed by atoms with Gasteiger partial charge in [0.25, 0.3) is 0 Å². The molecule has 4 rings (SSSR count). The lowest BCUT2D eigenvalue weighted by atomic mass is 10.0. The Morgan fingerprint density at radius 2 is 1.67 bits per heavy atom. The Morgan fingerprint density at radius 3 is 2.27 bits per heavy atom. The molecule has 0 unspecified atom stereocenters. The second-order valence-corrected chi connectivity index (χ2v) is 8.20. The van der Waals surface area contributed by atoms with Gasteiger partial charge in [-0.15, -0.1) is 0 Å². The number of alkyl halides is 3. The lowest BCUT2D eigenvalue weighted by Gasteiger charge is -2.25. The van der Waals surface area contributed by atoms with E-state index < -0.39 is 34.0 Å². The monoisotopic (exact) mass is 433 g/mol. The molecule has 3 atom stereocenters. The molecule has 0 radical (unpaired) electrons. The molecule has 1 heterocycles. The summed E-state index contributed by atoms with van der Waals surface area (Å²) in [5.74, 6) is 1.18. The van der Waals surface area contributed by atoms with Crippen LogP contribution in [0.4, 0.5) is 18.9 Å². The Balaban J connectivity index is 1.69. The molecule has 1 N–H and O–H groups in total. The molecule has 0 saturated heterocycles. The Bertz CT molecular complexity index is 1050. The summed E-state index contributed by atoms with van der Waals surface area (Å²) < 4.78 is 63.1. The van der Waals surface area contributed by atoms with Gasteiger partial charge in [0.15, 0.2) is 0 Å². The highest BCUT2D eigenvalue weighted by Crippen LogP contribution is 2.39. The van der Waals surface area contributed by atoms with Gasteiger partial charge in [-0.25, -0.2) is 0 Å². The number of halogens is 3. The fourth-order valence-corrected chi connectivity index (χ4v) is 4.69. The zero-order valence-electron chi connectivity index (χ0n) is 15.8. The SMILES string of the molecule is COc1ccc(N[C@H](c2ccc(C(F)(F)F)cc2)[C@H]2Oc3ccccc3[S@@]2=O)cc1. The van der Waals surface area contributed by atoms with Crippen molar-refractivity contribution in [3.63, 3.8) is 0 Å². The van der Waals surface area contributed by atoms with Crippen molar-refractivity contribution < 1.29 is 26.9 Å². The number of rotatable bonds is 5. The average Bonchev–Trinajstić information content (AvgIpc) is 3.08. The van der Waals surface area contributed by atoms with Crippen LogP contribution in [0.2, 0.25) is 0 Å². The van der Waals surface area contributed by atoms with Crippen LogP contribution in [0, 0.1) is 0 Å². The molecule has 3 aromatic rings. The lowest BCUT2D eigenvalue weighted by Crippen LogP contribution is -2.31. The van der Waals surface area contributed by atoms with Crippen LogP contribution >= 0.6 is 0 Å². The summed E-state index contributed by atoms with van der Waals surface area (Å²) in [6.07, 6.45) is -4.43. The second-order valence-electron chi connectivity index (χ2n) is 6.70. The molecule has 1 aliphatic heterocycles. The summed E-state index contributed by atoms with van der Waals surface area (Å²) in [7, 11) is 0.0559. The minimum absolute atomic E-state index is 0.509. The van der Waals surface area contributed by atoms with Crippen LogP contribution in [0.15, 0.2) is 77.7 Å². The van der Waals surface area contributed by atoms with Crippen molar-refractivity contribution in [1.82, 2.24) is 0 Å². The highest BCUT2D eigenvalue weighted by Gasteiger charge is 2.39. The number of hydrogen-bond donors (Lipinski definition) is 1. The molecule has 0 amide bonds. The molecule has 0 spiro atoms. The molecule has 8 heteroatoms. The first-order chi connectivity index (χ1) is 14.4. The van der Waals surface area contributed by atoms with Gasteiger partial charge >= 0.3 is 6.18 Å². The maximum atomic E-state index is 13.1. The van der Waals surface area contributed by atoms with Gasteiger partial charge in [-0.2, -0.15) is 13.2 Å². The number of para-hydroxylation sites is 1. The Hall–Kier alpha value is -3.00. The molecule has 0 bridgehead atoms. The Kier molecular flexibility index (Phi) is 5.42. The number of fused-ring (bicyclic) bond motifs is 1. The van der Waals surface area contributed by atoms with Crippen LogP contribution < -0.4 is 14.8 Å². The standard InChI is InChI=1S/C22H18F3NO3S/c1-28-17-12-10-16(11-13-17)26-20(14-6-8-15(9-7-14)22(23,24)25)21-29-18-4-2-3-5-19(18)30(21)27/h2-13,20-21,26H,1H3/t20-,21+,30+/m1/s1. The van der Waals surface area contributed by atoms with E-state index in [1.807, 2.05) is 0 Å². The number of nitrogens with one attached hydrogen (secondary N) is 1. The summed E-state index contributed by atoms with van der Waals surface area (Å²) in [5.41, 5.74) is -0.324. The smallest absolute Gasteiger partial charge is 0.416 e. The van der Waals surface area contributed by atoms with Crippen molar-refractivity contribution in [2.24, 2.45) is 0 Å². The van der Waals surface area contributed by atoms with Crippen molar-refractivity contribution >= 4 is 16.5 Å². The van der Waals surface area contributed by atoms with Crippen LogP contribution in [0.1, 0.15) is 17.2 Å². The quantitative estimate of drug-likeness (QED) is 0.586. The molecule has 0 aromatic heterocycles. The Labute approximate surface area is 174 Å². The van der Waals surface area contributed by atoms with Gasteiger partial charge in [0.05, 0.1) is 17.6 Å². The molecule has 4 nitrogen and oxygen atoms in total. The molecule has 156 valence electrons. The third kappa shape index (κ3) is 4.00. The summed E-state index contributed by atoms with van der Waals surface area (Å²) in [6, 6.07) is 18.2. The molecule has 30 heavy (non-hydrogen) atoms. The van der Waals surface area contributed by atoms with Crippen LogP contribution in [0.25, 0.3) is 0 Å². The summed E-state index contributed by atoms with van der Waals surface area (Å²) in [5, 5.41) is 3.26. The zero-order valence-corrected chi connectivity index (χ0v) is 16.7. The van der Waals surface area contributed by atoms with E-state index in [1.165, 1.54) is 12.1 Å². The van der Waals surface area contributed by atoms with Gasteiger partial charge in [-0.3, -0.25) is 4.21 Å². The van der Waals surface area contributed by atoms with Crippen molar-refractivity contribution in [1.29, 1.82) is 0 Å².